The first-order valence-electron chi connectivity index (χ1n) is 11.0. The van der Waals surface area contributed by atoms with Crippen molar-refractivity contribution in [1.29, 1.82) is 5.26 Å². The minimum Gasteiger partial charge on any atom is -0.442 e. The summed E-state index contributed by atoms with van der Waals surface area (Å²) in [6.45, 7) is 2.49. The molecule has 0 unspecified atom stereocenters. The van der Waals surface area contributed by atoms with E-state index in [9.17, 15) is 23.3 Å². The van der Waals surface area contributed by atoms with Gasteiger partial charge in [-0.3, -0.25) is 9.69 Å². The fraction of sp³-hybridized carbons (Fsp3) is 0.348. The SMILES string of the molecule is CC(=O)NC[C@H]1CN(c2ccc(N3CCN(S(=O)(=O)c4ccccc4C#N)CC3)c(F)c2)C(=O)O1. The van der Waals surface area contributed by atoms with Crippen LogP contribution in [0.2, 0.25) is 0 Å². The Morgan fingerprint density at radius 2 is 1.91 bits per heavy atom. The predicted octanol–water partition coefficient (Wildman–Crippen LogP) is 1.67. The number of nitrogens with zero attached hydrogens (tertiary/aromatic N) is 4. The number of rotatable bonds is 6. The van der Waals surface area contributed by atoms with Crippen LogP contribution in [0.1, 0.15) is 12.5 Å². The number of hydrogen-bond acceptors (Lipinski definition) is 7. The summed E-state index contributed by atoms with van der Waals surface area (Å²) in [5.74, 6) is -0.788. The third-order valence-electron chi connectivity index (χ3n) is 5.90. The maximum Gasteiger partial charge on any atom is 0.414 e. The number of sulfonamides is 1. The summed E-state index contributed by atoms with van der Waals surface area (Å²) in [4.78, 5) is 26.3. The summed E-state index contributed by atoms with van der Waals surface area (Å²) >= 11 is 0. The van der Waals surface area contributed by atoms with Crippen LogP contribution in [0.4, 0.5) is 20.6 Å². The minimum atomic E-state index is -3.85. The van der Waals surface area contributed by atoms with Crippen molar-refractivity contribution in [2.75, 3.05) is 49.1 Å². The molecular formula is C23H24FN5O5S. The third-order valence-corrected chi connectivity index (χ3v) is 7.86. The van der Waals surface area contributed by atoms with Crippen LogP contribution in [0, 0.1) is 17.1 Å². The molecule has 35 heavy (non-hydrogen) atoms. The zero-order valence-corrected chi connectivity index (χ0v) is 19.8. The Morgan fingerprint density at radius 1 is 1.20 bits per heavy atom. The molecule has 2 aliphatic rings. The lowest BCUT2D eigenvalue weighted by Crippen LogP contribution is -2.49. The molecule has 184 valence electrons. The van der Waals surface area contributed by atoms with Gasteiger partial charge in [-0.15, -0.1) is 0 Å². The van der Waals surface area contributed by atoms with Crippen LogP contribution >= 0.6 is 0 Å². The van der Waals surface area contributed by atoms with Crippen molar-refractivity contribution in [3.8, 4) is 6.07 Å². The second-order valence-electron chi connectivity index (χ2n) is 8.19. The van der Waals surface area contributed by atoms with Gasteiger partial charge in [0.25, 0.3) is 0 Å². The van der Waals surface area contributed by atoms with E-state index < -0.39 is 28.0 Å². The fourth-order valence-corrected chi connectivity index (χ4v) is 5.67. The van der Waals surface area contributed by atoms with Gasteiger partial charge in [0.15, 0.2) is 0 Å². The van der Waals surface area contributed by atoms with Gasteiger partial charge in [-0.1, -0.05) is 12.1 Å². The van der Waals surface area contributed by atoms with Gasteiger partial charge < -0.3 is 15.0 Å². The van der Waals surface area contributed by atoms with E-state index in [0.29, 0.717) is 11.4 Å². The zero-order valence-electron chi connectivity index (χ0n) is 19.0. The summed E-state index contributed by atoms with van der Waals surface area (Å²) in [5.41, 5.74) is 0.706. The molecule has 2 fully saturated rings. The van der Waals surface area contributed by atoms with E-state index in [-0.39, 0.29) is 55.6 Å². The molecule has 0 spiro atoms. The number of nitrogens with one attached hydrogen (secondary N) is 1. The lowest BCUT2D eigenvalue weighted by molar-refractivity contribution is -0.119. The Balaban J connectivity index is 1.42. The van der Waals surface area contributed by atoms with Crippen LogP contribution < -0.4 is 15.1 Å². The Kier molecular flexibility index (Phi) is 6.90. The first kappa shape index (κ1) is 24.4. The van der Waals surface area contributed by atoms with Gasteiger partial charge >= 0.3 is 6.09 Å². The van der Waals surface area contributed by atoms with Crippen LogP contribution in [-0.2, 0) is 19.6 Å². The lowest BCUT2D eigenvalue weighted by Gasteiger charge is -2.35. The molecular weight excluding hydrogens is 477 g/mol. The van der Waals surface area contributed by atoms with Crippen LogP contribution in [0.25, 0.3) is 0 Å². The molecule has 2 aromatic carbocycles. The maximum atomic E-state index is 15.0. The molecule has 12 heteroatoms. The lowest BCUT2D eigenvalue weighted by atomic mass is 10.2. The molecule has 0 saturated carbocycles. The molecule has 2 amide bonds. The number of cyclic esters (lactones) is 1. The van der Waals surface area contributed by atoms with E-state index in [1.807, 2.05) is 6.07 Å². The highest BCUT2D eigenvalue weighted by molar-refractivity contribution is 7.89. The number of anilines is 2. The van der Waals surface area contributed by atoms with Crippen LogP contribution in [-0.4, -0.2) is 70.1 Å². The van der Waals surface area contributed by atoms with Crippen molar-refractivity contribution >= 4 is 33.4 Å². The van der Waals surface area contributed by atoms with E-state index in [2.05, 4.69) is 5.32 Å². The summed E-state index contributed by atoms with van der Waals surface area (Å²) in [7, 11) is -3.85. The Bertz CT molecular complexity index is 1290. The van der Waals surface area contributed by atoms with Gasteiger partial charge in [0.1, 0.15) is 18.0 Å². The standard InChI is InChI=1S/C23H24FN5O5S/c1-16(30)26-14-19-15-29(23(31)34-19)18-6-7-21(20(24)12-18)27-8-10-28(11-9-27)35(32,33)22-5-3-2-4-17(22)13-25/h2-7,12,19H,8-11,14-15H2,1H3,(H,26,30)/t19-/m0/s1. The Morgan fingerprint density at radius 3 is 2.57 bits per heavy atom. The van der Waals surface area contributed by atoms with E-state index in [0.717, 1.165) is 0 Å². The number of halogens is 1. The molecule has 0 aromatic heterocycles. The molecule has 2 aromatic rings. The monoisotopic (exact) mass is 501 g/mol. The van der Waals surface area contributed by atoms with Crippen molar-refractivity contribution in [3.63, 3.8) is 0 Å². The Labute approximate surface area is 202 Å². The molecule has 2 aliphatic heterocycles. The van der Waals surface area contributed by atoms with E-state index in [4.69, 9.17) is 4.74 Å². The van der Waals surface area contributed by atoms with E-state index >= 15 is 4.39 Å². The van der Waals surface area contributed by atoms with Gasteiger partial charge in [0.2, 0.25) is 15.9 Å². The highest BCUT2D eigenvalue weighted by Crippen LogP contribution is 2.29. The van der Waals surface area contributed by atoms with Crippen molar-refractivity contribution in [3.05, 3.63) is 53.8 Å². The maximum absolute atomic E-state index is 15.0. The van der Waals surface area contributed by atoms with Crippen molar-refractivity contribution < 1.29 is 27.1 Å². The number of amides is 2. The summed E-state index contributed by atoms with van der Waals surface area (Å²) in [6.07, 6.45) is -1.15. The largest absolute Gasteiger partial charge is 0.442 e. The highest BCUT2D eigenvalue weighted by Gasteiger charge is 2.34. The molecule has 0 aliphatic carbocycles. The molecule has 1 atom stereocenters. The second-order valence-corrected chi connectivity index (χ2v) is 10.1. The number of hydrogen-bond donors (Lipinski definition) is 1. The number of carbonyl (C=O) groups is 2. The normalized spacial score (nSPS) is 18.8. The molecule has 4 rings (SSSR count). The van der Waals surface area contributed by atoms with Crippen molar-refractivity contribution in [2.45, 2.75) is 17.9 Å². The number of ether oxygens (including phenoxy) is 1. The number of benzene rings is 2. The van der Waals surface area contributed by atoms with E-state index in [1.165, 1.54) is 34.3 Å². The summed E-state index contributed by atoms with van der Waals surface area (Å²) in [5, 5.41) is 11.8. The number of carbonyl (C=O) groups excluding carboxylic acids is 2. The topological polar surface area (TPSA) is 123 Å². The van der Waals surface area contributed by atoms with E-state index in [1.54, 1.807) is 29.2 Å². The van der Waals surface area contributed by atoms with Gasteiger partial charge in [-0.2, -0.15) is 9.57 Å². The van der Waals surface area contributed by atoms with Gasteiger partial charge in [-0.05, 0) is 30.3 Å². The average Bonchev–Trinajstić information content (AvgIpc) is 3.23. The molecule has 2 heterocycles. The second kappa shape index (κ2) is 9.89. The van der Waals surface area contributed by atoms with Crippen LogP contribution in [0.15, 0.2) is 47.4 Å². The number of nitriles is 1. The summed E-state index contributed by atoms with van der Waals surface area (Å²) in [6, 6.07) is 12.3. The fourth-order valence-electron chi connectivity index (χ4n) is 4.11. The highest BCUT2D eigenvalue weighted by atomic mass is 32.2. The Hall–Kier alpha value is -3.69. The first-order chi connectivity index (χ1) is 16.7. The zero-order chi connectivity index (χ0) is 25.2. The third kappa shape index (κ3) is 5.06. The van der Waals surface area contributed by atoms with Crippen LogP contribution in [0.5, 0.6) is 0 Å². The smallest absolute Gasteiger partial charge is 0.414 e. The van der Waals surface area contributed by atoms with Crippen LogP contribution in [0.3, 0.4) is 0 Å². The first-order valence-corrected chi connectivity index (χ1v) is 12.4. The predicted molar refractivity (Wildman–Crippen MR) is 125 cm³/mol. The molecule has 10 nitrogen and oxygen atoms in total. The quantitative estimate of drug-likeness (QED) is 0.639. The molecule has 1 N–H and O–H groups in total. The molecule has 2 saturated heterocycles. The number of piperazine rings is 1. The molecule has 0 radical (unpaired) electrons. The van der Waals surface area contributed by atoms with Crippen molar-refractivity contribution in [1.82, 2.24) is 9.62 Å². The van der Waals surface area contributed by atoms with Crippen molar-refractivity contribution in [2.24, 2.45) is 0 Å². The average molecular weight is 502 g/mol. The molecule has 0 bridgehead atoms. The minimum absolute atomic E-state index is 0.0409. The van der Waals surface area contributed by atoms with Gasteiger partial charge in [0.05, 0.1) is 34.9 Å². The van der Waals surface area contributed by atoms with Gasteiger partial charge in [0, 0.05) is 33.1 Å². The summed E-state index contributed by atoms with van der Waals surface area (Å²) < 4.78 is 47.6. The van der Waals surface area contributed by atoms with Gasteiger partial charge in [-0.25, -0.2) is 17.6 Å².